The Kier molecular flexibility index (Phi) is 6.82. The summed E-state index contributed by atoms with van der Waals surface area (Å²) in [4.78, 5) is 16.4. The summed E-state index contributed by atoms with van der Waals surface area (Å²) >= 11 is 0. The molecule has 4 aromatic rings. The first kappa shape index (κ1) is 23.3. The van der Waals surface area contributed by atoms with Crippen molar-refractivity contribution in [3.63, 3.8) is 0 Å². The Morgan fingerprint density at radius 2 is 1.53 bits per heavy atom. The van der Waals surface area contributed by atoms with Crippen molar-refractivity contribution in [3.05, 3.63) is 71.3 Å². The first-order valence-electron chi connectivity index (χ1n) is 11.6. The van der Waals surface area contributed by atoms with Gasteiger partial charge in [-0.15, -0.1) is 10.2 Å². The van der Waals surface area contributed by atoms with E-state index in [9.17, 15) is 4.79 Å². The lowest BCUT2D eigenvalue weighted by molar-refractivity contribution is -0.118. The van der Waals surface area contributed by atoms with E-state index in [1.165, 1.54) is 5.69 Å². The van der Waals surface area contributed by atoms with E-state index in [4.69, 9.17) is 4.74 Å². The number of nitrogens with zero attached hydrogens (tertiary/aromatic N) is 4. The number of nitrogens with one attached hydrogen (secondary N) is 1. The number of ether oxygens (including phenoxy) is 1. The number of anilines is 2. The maximum Gasteiger partial charge on any atom is 0.262 e. The van der Waals surface area contributed by atoms with Gasteiger partial charge in [-0.3, -0.25) is 4.79 Å². The van der Waals surface area contributed by atoms with Crippen molar-refractivity contribution in [2.45, 2.75) is 34.6 Å². The average molecular weight is 458 g/mol. The van der Waals surface area contributed by atoms with Crippen LogP contribution in [0.2, 0.25) is 0 Å². The van der Waals surface area contributed by atoms with Gasteiger partial charge in [0.1, 0.15) is 16.8 Å². The Hall–Kier alpha value is -3.87. The van der Waals surface area contributed by atoms with Crippen LogP contribution in [0, 0.1) is 20.8 Å². The number of fused-ring (bicyclic) bond motifs is 1. The first-order chi connectivity index (χ1) is 16.4. The third kappa shape index (κ3) is 5.20. The minimum Gasteiger partial charge on any atom is -0.484 e. The monoisotopic (exact) mass is 457 g/mol. The summed E-state index contributed by atoms with van der Waals surface area (Å²) in [5.41, 5.74) is 7.36. The Balaban J connectivity index is 1.48. The summed E-state index contributed by atoms with van der Waals surface area (Å²) in [6.45, 7) is 12.1. The predicted octanol–water partition coefficient (Wildman–Crippen LogP) is 5.21. The second-order valence-electron chi connectivity index (χ2n) is 8.49. The molecule has 1 heterocycles. The van der Waals surface area contributed by atoms with Gasteiger partial charge in [0, 0.05) is 24.5 Å². The Labute approximate surface area is 200 Å². The van der Waals surface area contributed by atoms with Crippen molar-refractivity contribution in [2.75, 3.05) is 29.9 Å². The fourth-order valence-electron chi connectivity index (χ4n) is 4.05. The van der Waals surface area contributed by atoms with Gasteiger partial charge in [-0.1, -0.05) is 6.07 Å². The maximum absolute atomic E-state index is 12.5. The molecule has 0 bridgehead atoms. The minimum atomic E-state index is -0.221. The van der Waals surface area contributed by atoms with Gasteiger partial charge >= 0.3 is 0 Å². The Morgan fingerprint density at radius 3 is 2.15 bits per heavy atom. The number of amides is 1. The van der Waals surface area contributed by atoms with Crippen molar-refractivity contribution in [2.24, 2.45) is 0 Å². The van der Waals surface area contributed by atoms with E-state index in [0.717, 1.165) is 41.0 Å². The molecular formula is C27H31N5O2. The highest BCUT2D eigenvalue weighted by molar-refractivity contribution is 5.95. The lowest BCUT2D eigenvalue weighted by atomic mass is 10.1. The summed E-state index contributed by atoms with van der Waals surface area (Å²) in [5.74, 6) is 0.468. The molecule has 0 atom stereocenters. The normalized spacial score (nSPS) is 11.0. The quantitative estimate of drug-likeness (QED) is 0.393. The number of aromatic nitrogens is 3. The molecule has 7 heteroatoms. The molecular weight excluding hydrogens is 426 g/mol. The summed E-state index contributed by atoms with van der Waals surface area (Å²) in [7, 11) is 0. The van der Waals surface area contributed by atoms with Gasteiger partial charge in [-0.25, -0.2) is 0 Å². The lowest BCUT2D eigenvalue weighted by Crippen LogP contribution is -2.21. The molecule has 0 fully saturated rings. The molecule has 1 amide bonds. The van der Waals surface area contributed by atoms with Gasteiger partial charge in [0.05, 0.1) is 5.69 Å². The molecule has 1 N–H and O–H groups in total. The largest absolute Gasteiger partial charge is 0.484 e. The fraction of sp³-hybridized carbons (Fsp3) is 0.296. The Morgan fingerprint density at radius 1 is 0.912 bits per heavy atom. The van der Waals surface area contributed by atoms with Crippen LogP contribution < -0.4 is 15.0 Å². The van der Waals surface area contributed by atoms with E-state index in [-0.39, 0.29) is 12.5 Å². The molecule has 0 aliphatic heterocycles. The van der Waals surface area contributed by atoms with Crippen molar-refractivity contribution in [1.29, 1.82) is 0 Å². The molecule has 4 rings (SSSR count). The fourth-order valence-corrected chi connectivity index (χ4v) is 4.05. The van der Waals surface area contributed by atoms with E-state index in [1.807, 2.05) is 57.2 Å². The maximum atomic E-state index is 12.5. The van der Waals surface area contributed by atoms with Gasteiger partial charge in [-0.2, -0.15) is 4.80 Å². The number of hydrogen-bond acceptors (Lipinski definition) is 5. The molecule has 0 aliphatic rings. The van der Waals surface area contributed by atoms with Crippen LogP contribution in [0.1, 0.15) is 30.5 Å². The zero-order valence-electron chi connectivity index (χ0n) is 20.4. The standard InChI is InChI=1S/C27H31N5O2/c1-6-31(7-2)21-8-10-22(11-9-21)32-29-25-15-20(5)24(16-26(25)30-32)28-27(33)17-34-23-13-18(3)12-19(4)14-23/h8-16H,6-7,17H2,1-5H3,(H,28,33). The molecule has 0 spiro atoms. The van der Waals surface area contributed by atoms with Crippen LogP contribution in [0.15, 0.2) is 54.6 Å². The van der Waals surface area contributed by atoms with Crippen LogP contribution in [0.3, 0.4) is 0 Å². The number of hydrogen-bond donors (Lipinski definition) is 1. The molecule has 0 aliphatic carbocycles. The number of carbonyl (C=O) groups is 1. The third-order valence-corrected chi connectivity index (χ3v) is 5.77. The van der Waals surface area contributed by atoms with Crippen molar-refractivity contribution < 1.29 is 9.53 Å². The summed E-state index contributed by atoms with van der Waals surface area (Å²) in [6, 6.07) is 17.9. The number of aryl methyl sites for hydroxylation is 3. The third-order valence-electron chi connectivity index (χ3n) is 5.77. The van der Waals surface area contributed by atoms with Gasteiger partial charge in [-0.05, 0) is 99.8 Å². The highest BCUT2D eigenvalue weighted by Gasteiger charge is 2.12. The highest BCUT2D eigenvalue weighted by Crippen LogP contribution is 2.23. The number of carbonyl (C=O) groups excluding carboxylic acids is 1. The smallest absolute Gasteiger partial charge is 0.262 e. The van der Waals surface area contributed by atoms with Crippen LogP contribution in [0.4, 0.5) is 11.4 Å². The molecule has 0 radical (unpaired) electrons. The summed E-state index contributed by atoms with van der Waals surface area (Å²) in [6.07, 6.45) is 0. The number of rotatable bonds is 8. The molecule has 34 heavy (non-hydrogen) atoms. The first-order valence-corrected chi connectivity index (χ1v) is 11.6. The van der Waals surface area contributed by atoms with Crippen molar-refractivity contribution in [3.8, 4) is 11.4 Å². The predicted molar refractivity (Wildman–Crippen MR) is 137 cm³/mol. The van der Waals surface area contributed by atoms with Gasteiger partial charge in [0.2, 0.25) is 0 Å². The zero-order chi connectivity index (χ0) is 24.2. The molecule has 0 saturated carbocycles. The highest BCUT2D eigenvalue weighted by atomic mass is 16.5. The molecule has 176 valence electrons. The van der Waals surface area contributed by atoms with Crippen molar-refractivity contribution >= 4 is 28.3 Å². The van der Waals surface area contributed by atoms with Crippen molar-refractivity contribution in [1.82, 2.24) is 15.0 Å². The zero-order valence-corrected chi connectivity index (χ0v) is 20.4. The summed E-state index contributed by atoms with van der Waals surface area (Å²) in [5, 5.41) is 12.2. The number of benzene rings is 3. The molecule has 7 nitrogen and oxygen atoms in total. The summed E-state index contributed by atoms with van der Waals surface area (Å²) < 4.78 is 5.69. The van der Waals surface area contributed by atoms with Gasteiger partial charge < -0.3 is 15.0 Å². The van der Waals surface area contributed by atoms with E-state index in [0.29, 0.717) is 17.0 Å². The van der Waals surface area contributed by atoms with Crippen LogP contribution in [-0.4, -0.2) is 40.6 Å². The molecule has 0 saturated heterocycles. The second kappa shape index (κ2) is 9.95. The van der Waals surface area contributed by atoms with Gasteiger partial charge in [0.25, 0.3) is 5.91 Å². The van der Waals surface area contributed by atoms with E-state index in [2.05, 4.69) is 52.5 Å². The van der Waals surface area contributed by atoms with Crippen LogP contribution in [-0.2, 0) is 4.79 Å². The topological polar surface area (TPSA) is 72.3 Å². The van der Waals surface area contributed by atoms with Gasteiger partial charge in [0.15, 0.2) is 6.61 Å². The van der Waals surface area contributed by atoms with Crippen LogP contribution >= 0.6 is 0 Å². The van der Waals surface area contributed by atoms with E-state index >= 15 is 0 Å². The Bertz CT molecular complexity index is 1290. The second-order valence-corrected chi connectivity index (χ2v) is 8.49. The van der Waals surface area contributed by atoms with E-state index < -0.39 is 0 Å². The average Bonchev–Trinajstić information content (AvgIpc) is 3.21. The molecule has 1 aromatic heterocycles. The SMILES string of the molecule is CCN(CC)c1ccc(-n2nc3cc(C)c(NC(=O)COc4cc(C)cc(C)c4)cc3n2)cc1. The van der Waals surface area contributed by atoms with E-state index in [1.54, 1.807) is 4.80 Å². The molecule has 0 unspecified atom stereocenters. The lowest BCUT2D eigenvalue weighted by Gasteiger charge is -2.20. The minimum absolute atomic E-state index is 0.0635. The molecule has 3 aromatic carbocycles. The van der Waals surface area contributed by atoms with Crippen LogP contribution in [0.25, 0.3) is 16.7 Å². The van der Waals surface area contributed by atoms with Crippen LogP contribution in [0.5, 0.6) is 5.75 Å².